The molecule has 24 heavy (non-hydrogen) atoms. The van der Waals surface area contributed by atoms with Crippen LogP contribution in [-0.4, -0.2) is 41.4 Å². The Bertz CT molecular complexity index is 618. The highest BCUT2D eigenvalue weighted by molar-refractivity contribution is 8.00. The van der Waals surface area contributed by atoms with Gasteiger partial charge in [0.05, 0.1) is 10.9 Å². The van der Waals surface area contributed by atoms with Crippen molar-refractivity contribution in [2.45, 2.75) is 23.8 Å². The number of hydrogen-bond acceptors (Lipinski definition) is 6. The van der Waals surface area contributed by atoms with Crippen LogP contribution in [0.15, 0.2) is 33.0 Å². The molecule has 2 heterocycles. The maximum absolute atomic E-state index is 10.1. The average molecular weight is 405 g/mol. The number of aliphatic imine (C=N–C) groups is 1. The third kappa shape index (κ3) is 6.98. The van der Waals surface area contributed by atoms with E-state index in [2.05, 4.69) is 20.6 Å². The Labute approximate surface area is 159 Å². The first-order chi connectivity index (χ1) is 11.7. The normalized spacial score (nSPS) is 13.0. The Hall–Kier alpha value is -0.800. The molecular weight excluding hydrogens is 384 g/mol. The molecule has 0 bridgehead atoms. The number of hydrogen-bond donors (Lipinski definition) is 3. The van der Waals surface area contributed by atoms with Crippen molar-refractivity contribution in [3.05, 3.63) is 32.9 Å². The molecule has 1 atom stereocenters. The number of thiophene rings is 1. The summed E-state index contributed by atoms with van der Waals surface area (Å²) in [6.07, 6.45) is 2.21. The van der Waals surface area contributed by atoms with Crippen molar-refractivity contribution in [2.75, 3.05) is 25.4 Å². The van der Waals surface area contributed by atoms with E-state index in [1.807, 2.05) is 24.6 Å². The van der Waals surface area contributed by atoms with Crippen LogP contribution in [0, 0.1) is 0 Å². The molecule has 0 saturated carbocycles. The molecule has 2 aromatic heterocycles. The summed E-state index contributed by atoms with van der Waals surface area (Å²) in [5, 5.41) is 18.6. The lowest BCUT2D eigenvalue weighted by atomic mass is 10.3. The van der Waals surface area contributed by atoms with Gasteiger partial charge in [-0.25, -0.2) is 4.98 Å². The van der Waals surface area contributed by atoms with E-state index in [4.69, 9.17) is 11.6 Å². The SMILES string of the molecule is CCNC(=NCC(O)c1ccc(Cl)s1)NCCCSc1nccs1. The summed E-state index contributed by atoms with van der Waals surface area (Å²) in [6, 6.07) is 3.63. The summed E-state index contributed by atoms with van der Waals surface area (Å²) in [6.45, 7) is 3.93. The van der Waals surface area contributed by atoms with Crippen molar-refractivity contribution in [3.8, 4) is 0 Å². The van der Waals surface area contributed by atoms with Crippen molar-refractivity contribution < 1.29 is 5.11 Å². The average Bonchev–Trinajstić information content (AvgIpc) is 3.23. The molecular formula is C15H21ClN4OS3. The first kappa shape index (κ1) is 19.5. The highest BCUT2D eigenvalue weighted by Gasteiger charge is 2.10. The second-order valence-corrected chi connectivity index (χ2v) is 8.79. The van der Waals surface area contributed by atoms with Crippen LogP contribution in [0.25, 0.3) is 0 Å². The third-order valence-electron chi connectivity index (χ3n) is 2.94. The zero-order valence-corrected chi connectivity index (χ0v) is 16.6. The molecule has 0 radical (unpaired) electrons. The third-order valence-corrected chi connectivity index (χ3v) is 6.32. The van der Waals surface area contributed by atoms with Crippen LogP contribution in [0.2, 0.25) is 4.34 Å². The van der Waals surface area contributed by atoms with Gasteiger partial charge in [0.25, 0.3) is 0 Å². The fourth-order valence-electron chi connectivity index (χ4n) is 1.84. The molecule has 0 fully saturated rings. The lowest BCUT2D eigenvalue weighted by molar-refractivity contribution is 0.191. The second-order valence-electron chi connectivity index (χ2n) is 4.80. The van der Waals surface area contributed by atoms with E-state index >= 15 is 0 Å². The van der Waals surface area contributed by atoms with Gasteiger partial charge < -0.3 is 15.7 Å². The number of thiazole rings is 1. The van der Waals surface area contributed by atoms with Gasteiger partial charge in [0.15, 0.2) is 5.96 Å². The zero-order chi connectivity index (χ0) is 17.2. The number of aliphatic hydroxyl groups excluding tert-OH is 1. The zero-order valence-electron chi connectivity index (χ0n) is 13.4. The van der Waals surface area contributed by atoms with Gasteiger partial charge >= 0.3 is 0 Å². The Morgan fingerprint density at radius 1 is 1.46 bits per heavy atom. The van der Waals surface area contributed by atoms with Crippen LogP contribution < -0.4 is 10.6 Å². The molecule has 0 aliphatic rings. The molecule has 2 aromatic rings. The Morgan fingerprint density at radius 2 is 2.33 bits per heavy atom. The summed E-state index contributed by atoms with van der Waals surface area (Å²) in [5.41, 5.74) is 0. The predicted molar refractivity (Wildman–Crippen MR) is 106 cm³/mol. The first-order valence-corrected chi connectivity index (χ1v) is 10.7. The number of thioether (sulfide) groups is 1. The monoisotopic (exact) mass is 404 g/mol. The van der Waals surface area contributed by atoms with E-state index in [0.29, 0.717) is 10.9 Å². The molecule has 3 N–H and O–H groups in total. The predicted octanol–water partition coefficient (Wildman–Crippen LogP) is 3.63. The molecule has 132 valence electrons. The summed E-state index contributed by atoms with van der Waals surface area (Å²) in [7, 11) is 0. The summed E-state index contributed by atoms with van der Waals surface area (Å²) < 4.78 is 1.78. The lowest BCUT2D eigenvalue weighted by Crippen LogP contribution is -2.38. The van der Waals surface area contributed by atoms with Gasteiger partial charge in [-0.05, 0) is 25.5 Å². The van der Waals surface area contributed by atoms with Gasteiger partial charge in [-0.3, -0.25) is 4.99 Å². The van der Waals surface area contributed by atoms with E-state index in [0.717, 1.165) is 40.4 Å². The van der Waals surface area contributed by atoms with Crippen LogP contribution in [-0.2, 0) is 0 Å². The van der Waals surface area contributed by atoms with E-state index in [-0.39, 0.29) is 0 Å². The lowest BCUT2D eigenvalue weighted by Gasteiger charge is -2.12. The number of nitrogens with one attached hydrogen (secondary N) is 2. The quantitative estimate of drug-likeness (QED) is 0.257. The topological polar surface area (TPSA) is 69.5 Å². The van der Waals surface area contributed by atoms with Crippen molar-refractivity contribution in [2.24, 2.45) is 4.99 Å². The summed E-state index contributed by atoms with van der Waals surface area (Å²) in [5.74, 6) is 1.73. The number of aliphatic hydroxyl groups is 1. The number of halogens is 1. The Morgan fingerprint density at radius 3 is 3.00 bits per heavy atom. The highest BCUT2D eigenvalue weighted by Crippen LogP contribution is 2.26. The van der Waals surface area contributed by atoms with Gasteiger partial charge in [0.2, 0.25) is 0 Å². The van der Waals surface area contributed by atoms with Crippen molar-refractivity contribution >= 4 is 52.0 Å². The molecule has 0 saturated heterocycles. The smallest absolute Gasteiger partial charge is 0.191 e. The van der Waals surface area contributed by atoms with E-state index in [1.165, 1.54) is 11.3 Å². The van der Waals surface area contributed by atoms with Crippen molar-refractivity contribution in [1.82, 2.24) is 15.6 Å². The summed E-state index contributed by atoms with van der Waals surface area (Å²) in [4.78, 5) is 9.52. The Kier molecular flexibility index (Phi) is 8.90. The number of aromatic nitrogens is 1. The minimum atomic E-state index is -0.626. The molecule has 0 aliphatic carbocycles. The van der Waals surface area contributed by atoms with Crippen LogP contribution >= 0.6 is 46.0 Å². The molecule has 9 heteroatoms. The molecule has 2 rings (SSSR count). The van der Waals surface area contributed by atoms with Gasteiger partial charge in [-0.1, -0.05) is 23.4 Å². The summed E-state index contributed by atoms with van der Waals surface area (Å²) >= 11 is 10.7. The maximum atomic E-state index is 10.1. The van der Waals surface area contributed by atoms with Crippen LogP contribution in [0.3, 0.4) is 0 Å². The fourth-order valence-corrected chi connectivity index (χ4v) is 4.52. The van der Waals surface area contributed by atoms with Crippen LogP contribution in [0.4, 0.5) is 0 Å². The molecule has 0 amide bonds. The largest absolute Gasteiger partial charge is 0.386 e. The van der Waals surface area contributed by atoms with Crippen molar-refractivity contribution in [3.63, 3.8) is 0 Å². The molecule has 5 nitrogen and oxygen atoms in total. The molecule has 1 unspecified atom stereocenters. The number of rotatable bonds is 9. The van der Waals surface area contributed by atoms with E-state index in [9.17, 15) is 5.11 Å². The van der Waals surface area contributed by atoms with Gasteiger partial charge in [-0.2, -0.15) is 0 Å². The minimum Gasteiger partial charge on any atom is -0.386 e. The fraction of sp³-hybridized carbons (Fsp3) is 0.467. The number of nitrogens with zero attached hydrogens (tertiary/aromatic N) is 2. The number of guanidine groups is 1. The second kappa shape index (κ2) is 10.9. The minimum absolute atomic E-state index is 0.306. The van der Waals surface area contributed by atoms with E-state index < -0.39 is 6.10 Å². The molecule has 0 spiro atoms. The van der Waals surface area contributed by atoms with Gasteiger partial charge in [0, 0.05) is 35.3 Å². The van der Waals surface area contributed by atoms with Crippen molar-refractivity contribution in [1.29, 1.82) is 0 Å². The standard InChI is InChI=1S/C15H21ClN4OS3/c1-2-17-14(18-6-3-8-22-15-19-7-9-23-15)20-10-11(21)12-4-5-13(16)24-12/h4-5,7,9,11,21H,2-3,6,8,10H2,1H3,(H2,17,18,20). The van der Waals surface area contributed by atoms with E-state index in [1.54, 1.807) is 29.2 Å². The maximum Gasteiger partial charge on any atom is 0.191 e. The first-order valence-electron chi connectivity index (χ1n) is 7.66. The van der Waals surface area contributed by atoms with Crippen LogP contribution in [0.1, 0.15) is 24.3 Å². The highest BCUT2D eigenvalue weighted by atomic mass is 35.5. The van der Waals surface area contributed by atoms with Gasteiger partial charge in [-0.15, -0.1) is 22.7 Å². The molecule has 0 aliphatic heterocycles. The Balaban J connectivity index is 1.71. The molecule has 0 aromatic carbocycles. The van der Waals surface area contributed by atoms with Gasteiger partial charge in [0.1, 0.15) is 10.4 Å². The van der Waals surface area contributed by atoms with Crippen LogP contribution in [0.5, 0.6) is 0 Å².